The highest BCUT2D eigenvalue weighted by Crippen LogP contribution is 2.20. The first kappa shape index (κ1) is 40.1. The van der Waals surface area contributed by atoms with Crippen LogP contribution in [0.1, 0.15) is 44.5 Å². The molecule has 0 bridgehead atoms. The van der Waals surface area contributed by atoms with Gasteiger partial charge < -0.3 is 20.3 Å². The number of anilines is 2. The number of carbonyl (C=O) groups is 2. The molecule has 2 heterocycles. The molecule has 12 heteroatoms. The number of aromatic nitrogens is 2. The minimum Gasteiger partial charge on any atom is -0.336 e. The minimum atomic E-state index is -0.877. The number of nitrogens with zero attached hydrogens (tertiary/aromatic N) is 4. The Labute approximate surface area is 337 Å². The van der Waals surface area contributed by atoms with Crippen molar-refractivity contribution in [1.29, 1.82) is 0 Å². The molecule has 0 spiro atoms. The van der Waals surface area contributed by atoms with Gasteiger partial charge in [0.25, 0.3) is 0 Å². The molecule has 0 saturated heterocycles. The van der Waals surface area contributed by atoms with Crippen LogP contribution in [0.3, 0.4) is 0 Å². The summed E-state index contributed by atoms with van der Waals surface area (Å²) < 4.78 is 0. The van der Waals surface area contributed by atoms with Gasteiger partial charge in [0.15, 0.2) is 0 Å². The molecule has 0 aliphatic heterocycles. The number of hydroxylamine groups is 2. The maximum atomic E-state index is 12.8. The van der Waals surface area contributed by atoms with Crippen LogP contribution in [-0.2, 0) is 45.2 Å². The van der Waals surface area contributed by atoms with Gasteiger partial charge in [-0.2, -0.15) is 11.0 Å². The van der Waals surface area contributed by atoms with Crippen molar-refractivity contribution in [3.05, 3.63) is 203 Å². The Hall–Kier alpha value is -7.60. The average molecular weight is 773 g/mol. The molecule has 0 aliphatic carbocycles. The van der Waals surface area contributed by atoms with Gasteiger partial charge in [0.2, 0.25) is 11.9 Å². The third kappa shape index (κ3) is 12.5. The SMILES string of the molecule is Cc1ccccc1Cc1cccnc1NC(=NCc1ccccc1)NOC(=O)/C=C\C(=O)ONC(=NCc1ccccc1)Nc1ncccc1Cc1ccccc1C. The predicted octanol–water partition coefficient (Wildman–Crippen LogP) is 7.56. The fraction of sp³-hybridized carbons (Fsp3) is 0.130. The lowest BCUT2D eigenvalue weighted by molar-refractivity contribution is -0.144. The van der Waals surface area contributed by atoms with Crippen LogP contribution in [0.4, 0.5) is 11.6 Å². The van der Waals surface area contributed by atoms with E-state index < -0.39 is 11.9 Å². The second kappa shape index (κ2) is 20.9. The van der Waals surface area contributed by atoms with E-state index in [0.29, 0.717) is 24.5 Å². The number of guanidine groups is 2. The molecule has 0 fully saturated rings. The largest absolute Gasteiger partial charge is 0.356 e. The standard InChI is InChI=1S/C46H44N8O4/c1-33-15-9-11-21-37(33)29-39-23-13-27-47-43(39)51-45(49-31-35-17-5-3-6-18-35)53-57-41(55)25-26-42(56)58-54-46(50-32-36-19-7-4-8-20-36)52-44-40(24-14-28-48-44)30-38-22-12-10-16-34(38)2/h3-28H,29-32H2,1-2H3,(H2,47,49,51,53)(H2,48,50,52,54)/b26-25-. The van der Waals surface area contributed by atoms with Gasteiger partial charge in [0.05, 0.1) is 13.1 Å². The topological polar surface area (TPSA) is 151 Å². The van der Waals surface area contributed by atoms with Crippen molar-refractivity contribution in [2.24, 2.45) is 9.98 Å². The van der Waals surface area contributed by atoms with E-state index >= 15 is 0 Å². The predicted molar refractivity (Wildman–Crippen MR) is 226 cm³/mol. The van der Waals surface area contributed by atoms with Crippen LogP contribution in [0.25, 0.3) is 0 Å². The van der Waals surface area contributed by atoms with E-state index in [-0.39, 0.29) is 25.0 Å². The van der Waals surface area contributed by atoms with Gasteiger partial charge in [0.1, 0.15) is 11.6 Å². The quantitative estimate of drug-likeness (QED) is 0.0425. The van der Waals surface area contributed by atoms with Crippen molar-refractivity contribution >= 4 is 35.5 Å². The Kier molecular flexibility index (Phi) is 14.4. The van der Waals surface area contributed by atoms with Gasteiger partial charge >= 0.3 is 11.9 Å². The smallest absolute Gasteiger partial charge is 0.336 e. The van der Waals surface area contributed by atoms with Crippen LogP contribution in [0.5, 0.6) is 0 Å². The molecule has 2 aromatic heterocycles. The molecule has 0 unspecified atom stereocenters. The Balaban J connectivity index is 1.10. The van der Waals surface area contributed by atoms with E-state index in [0.717, 1.165) is 56.7 Å². The fourth-order valence-electron chi connectivity index (χ4n) is 5.74. The third-order valence-electron chi connectivity index (χ3n) is 8.92. The summed E-state index contributed by atoms with van der Waals surface area (Å²) in [4.78, 5) is 54.5. The summed E-state index contributed by atoms with van der Waals surface area (Å²) >= 11 is 0. The highest BCUT2D eigenvalue weighted by Gasteiger charge is 2.13. The highest BCUT2D eigenvalue weighted by atomic mass is 16.7. The molecule has 6 aromatic rings. The summed E-state index contributed by atoms with van der Waals surface area (Å²) in [6.45, 7) is 4.70. The van der Waals surface area contributed by atoms with E-state index in [1.54, 1.807) is 12.4 Å². The minimum absolute atomic E-state index is 0.140. The third-order valence-corrected chi connectivity index (χ3v) is 8.92. The molecule has 0 atom stereocenters. The van der Waals surface area contributed by atoms with E-state index in [1.165, 1.54) is 0 Å². The molecule has 6 rings (SSSR count). The maximum absolute atomic E-state index is 12.8. The number of rotatable bonds is 12. The molecule has 58 heavy (non-hydrogen) atoms. The number of benzene rings is 4. The molecular formula is C46H44N8O4. The van der Waals surface area contributed by atoms with E-state index in [2.05, 4.69) is 79.7 Å². The van der Waals surface area contributed by atoms with E-state index in [4.69, 9.17) is 9.68 Å². The lowest BCUT2D eigenvalue weighted by atomic mass is 10.0. The maximum Gasteiger partial charge on any atom is 0.356 e. The van der Waals surface area contributed by atoms with Gasteiger partial charge in [-0.15, -0.1) is 0 Å². The van der Waals surface area contributed by atoms with Crippen molar-refractivity contribution < 1.29 is 19.3 Å². The number of aliphatic imine (C=N–C) groups is 2. The van der Waals surface area contributed by atoms with Gasteiger partial charge in [-0.05, 0) is 70.5 Å². The Morgan fingerprint density at radius 1 is 0.517 bits per heavy atom. The molecule has 12 nitrogen and oxygen atoms in total. The van der Waals surface area contributed by atoms with Crippen LogP contribution >= 0.6 is 0 Å². The molecule has 0 aliphatic rings. The zero-order valence-electron chi connectivity index (χ0n) is 32.3. The van der Waals surface area contributed by atoms with Crippen molar-refractivity contribution in [2.45, 2.75) is 39.8 Å². The molecule has 0 radical (unpaired) electrons. The second-order valence-electron chi connectivity index (χ2n) is 13.2. The van der Waals surface area contributed by atoms with Crippen molar-refractivity contribution in [2.75, 3.05) is 10.6 Å². The summed E-state index contributed by atoms with van der Waals surface area (Å²) in [5.41, 5.74) is 13.5. The van der Waals surface area contributed by atoms with Crippen LogP contribution in [0.2, 0.25) is 0 Å². The van der Waals surface area contributed by atoms with Crippen LogP contribution in [-0.4, -0.2) is 33.8 Å². The number of carbonyl (C=O) groups excluding carboxylic acids is 2. The number of nitrogens with one attached hydrogen (secondary N) is 4. The summed E-state index contributed by atoms with van der Waals surface area (Å²) in [6.07, 6.45) is 6.45. The van der Waals surface area contributed by atoms with Gasteiger partial charge in [-0.3, -0.25) is 0 Å². The summed E-state index contributed by atoms with van der Waals surface area (Å²) in [6, 6.07) is 43.2. The highest BCUT2D eigenvalue weighted by molar-refractivity contribution is 5.97. The fourth-order valence-corrected chi connectivity index (χ4v) is 5.74. The number of aryl methyl sites for hydroxylation is 2. The normalized spacial score (nSPS) is 11.5. The van der Waals surface area contributed by atoms with Crippen LogP contribution in [0, 0.1) is 13.8 Å². The molecule has 4 N–H and O–H groups in total. The zero-order chi connectivity index (χ0) is 40.4. The molecule has 0 amide bonds. The van der Waals surface area contributed by atoms with Crippen LogP contribution < -0.4 is 21.6 Å². The lowest BCUT2D eigenvalue weighted by Gasteiger charge is -2.15. The second-order valence-corrected chi connectivity index (χ2v) is 13.2. The lowest BCUT2D eigenvalue weighted by Crippen LogP contribution is -2.34. The Morgan fingerprint density at radius 3 is 1.31 bits per heavy atom. The van der Waals surface area contributed by atoms with Crippen LogP contribution in [0.15, 0.2) is 168 Å². The zero-order valence-corrected chi connectivity index (χ0v) is 32.3. The molecule has 4 aromatic carbocycles. The number of hydrogen-bond donors (Lipinski definition) is 4. The van der Waals surface area contributed by atoms with Crippen molar-refractivity contribution in [3.63, 3.8) is 0 Å². The van der Waals surface area contributed by atoms with Crippen molar-refractivity contribution in [3.8, 4) is 0 Å². The van der Waals surface area contributed by atoms with Gasteiger partial charge in [0, 0.05) is 37.4 Å². The first-order valence-electron chi connectivity index (χ1n) is 18.7. The molecule has 0 saturated carbocycles. The number of hydrogen-bond acceptors (Lipinski definition) is 8. The molecular weight excluding hydrogens is 729 g/mol. The first-order valence-corrected chi connectivity index (χ1v) is 18.7. The average Bonchev–Trinajstić information content (AvgIpc) is 3.25. The summed E-state index contributed by atoms with van der Waals surface area (Å²) in [5, 5.41) is 6.35. The van der Waals surface area contributed by atoms with Gasteiger partial charge in [-0.1, -0.05) is 121 Å². The molecule has 292 valence electrons. The number of pyridine rings is 2. The van der Waals surface area contributed by atoms with E-state index in [1.807, 2.05) is 109 Å². The first-order chi connectivity index (χ1) is 28.4. The summed E-state index contributed by atoms with van der Waals surface area (Å²) in [7, 11) is 0. The van der Waals surface area contributed by atoms with Gasteiger partial charge in [-0.25, -0.2) is 29.5 Å². The Morgan fingerprint density at radius 2 is 0.897 bits per heavy atom. The monoisotopic (exact) mass is 772 g/mol. The van der Waals surface area contributed by atoms with Crippen molar-refractivity contribution in [1.82, 2.24) is 20.9 Å². The Bertz CT molecular complexity index is 2220. The van der Waals surface area contributed by atoms with E-state index in [9.17, 15) is 9.59 Å². The summed E-state index contributed by atoms with van der Waals surface area (Å²) in [5.74, 6) is -0.395.